The Balaban J connectivity index is 1.20. The second kappa shape index (κ2) is 11.6. The van der Waals surface area contributed by atoms with Crippen LogP contribution >= 0.6 is 23.6 Å². The van der Waals surface area contributed by atoms with E-state index >= 15 is 0 Å². The Morgan fingerprint density at radius 1 is 1.15 bits per heavy atom. The smallest absolute Gasteiger partial charge is 0.306 e. The lowest BCUT2D eigenvalue weighted by molar-refractivity contribution is -0.155. The van der Waals surface area contributed by atoms with Crippen LogP contribution in [0.4, 0.5) is 4.39 Å². The highest BCUT2D eigenvalue weighted by Crippen LogP contribution is 2.37. The zero-order valence-corrected chi connectivity index (χ0v) is 24.6. The van der Waals surface area contributed by atoms with Crippen LogP contribution in [0.15, 0.2) is 35.7 Å². The van der Waals surface area contributed by atoms with Gasteiger partial charge in [-0.05, 0) is 49.9 Å². The van der Waals surface area contributed by atoms with E-state index in [0.717, 1.165) is 48.6 Å². The number of ether oxygens (including phenoxy) is 2. The number of aromatic nitrogens is 1. The minimum absolute atomic E-state index is 0.0411. The normalized spacial score (nSPS) is 18.5. The number of aryl methyl sites for hydroxylation is 2. The SMILES string of the molecule is Cc1ccc(C)c(CC(=S)N2CCC(c3nc(C4OCc5c(F)ccc(OS(C)(=O)=O)c5CO4)cs3)CC2)c1. The molecule has 2 aliphatic rings. The van der Waals surface area contributed by atoms with Crippen molar-refractivity contribution < 1.29 is 26.5 Å². The van der Waals surface area contributed by atoms with Crippen molar-refractivity contribution in [3.8, 4) is 5.75 Å². The minimum atomic E-state index is -3.78. The maximum Gasteiger partial charge on any atom is 0.306 e. The number of nitrogens with zero attached hydrogens (tertiary/aromatic N) is 2. The van der Waals surface area contributed by atoms with E-state index in [4.69, 9.17) is 30.9 Å². The van der Waals surface area contributed by atoms with E-state index in [1.165, 1.54) is 28.8 Å². The van der Waals surface area contributed by atoms with Gasteiger partial charge >= 0.3 is 10.1 Å². The van der Waals surface area contributed by atoms with Gasteiger partial charge < -0.3 is 18.6 Å². The van der Waals surface area contributed by atoms with Crippen molar-refractivity contribution in [1.29, 1.82) is 0 Å². The van der Waals surface area contributed by atoms with E-state index in [1.807, 2.05) is 5.38 Å². The average Bonchev–Trinajstić information content (AvgIpc) is 3.27. The first kappa shape index (κ1) is 28.1. The van der Waals surface area contributed by atoms with Gasteiger partial charge in [0.05, 0.1) is 29.5 Å². The summed E-state index contributed by atoms with van der Waals surface area (Å²) in [5.74, 6) is -0.144. The van der Waals surface area contributed by atoms with Gasteiger partial charge in [0.15, 0.2) is 0 Å². The highest BCUT2D eigenvalue weighted by molar-refractivity contribution is 7.86. The third-order valence-corrected chi connectivity index (χ3v) is 9.06. The number of halogens is 1. The summed E-state index contributed by atoms with van der Waals surface area (Å²) in [6, 6.07) is 8.96. The maximum atomic E-state index is 14.5. The molecular formula is C28H31FN2O5S3. The van der Waals surface area contributed by atoms with Crippen molar-refractivity contribution in [1.82, 2.24) is 9.88 Å². The average molecular weight is 591 g/mol. The lowest BCUT2D eigenvalue weighted by Gasteiger charge is -2.33. The number of thiazole rings is 1. The van der Waals surface area contributed by atoms with Crippen LogP contribution in [0.2, 0.25) is 0 Å². The molecule has 1 unspecified atom stereocenters. The summed E-state index contributed by atoms with van der Waals surface area (Å²) in [5, 5.41) is 2.93. The van der Waals surface area contributed by atoms with Crippen LogP contribution in [0, 0.1) is 19.7 Å². The molecule has 1 fully saturated rings. The number of hydrogen-bond acceptors (Lipinski definition) is 8. The summed E-state index contributed by atoms with van der Waals surface area (Å²) in [6.07, 6.45) is 2.84. The molecule has 208 valence electrons. The van der Waals surface area contributed by atoms with Crippen LogP contribution in [-0.4, -0.2) is 42.6 Å². The van der Waals surface area contributed by atoms with Crippen molar-refractivity contribution in [2.45, 2.75) is 58.5 Å². The second-order valence-corrected chi connectivity index (χ2v) is 13.1. The first-order chi connectivity index (χ1) is 18.6. The van der Waals surface area contributed by atoms with Crippen LogP contribution < -0.4 is 4.18 Å². The van der Waals surface area contributed by atoms with Crippen molar-refractivity contribution in [3.63, 3.8) is 0 Å². The van der Waals surface area contributed by atoms with Crippen molar-refractivity contribution in [2.75, 3.05) is 19.3 Å². The Morgan fingerprint density at radius 2 is 1.87 bits per heavy atom. The van der Waals surface area contributed by atoms with Gasteiger partial charge in [-0.25, -0.2) is 9.37 Å². The Labute approximate surface area is 238 Å². The molecule has 0 radical (unpaired) electrons. The summed E-state index contributed by atoms with van der Waals surface area (Å²) >= 11 is 7.37. The van der Waals surface area contributed by atoms with Crippen LogP contribution in [0.3, 0.4) is 0 Å². The third kappa shape index (κ3) is 6.66. The Morgan fingerprint density at radius 3 is 2.59 bits per heavy atom. The molecule has 3 heterocycles. The first-order valence-corrected chi connectivity index (χ1v) is 15.9. The molecule has 11 heteroatoms. The predicted octanol–water partition coefficient (Wildman–Crippen LogP) is 5.73. The van der Waals surface area contributed by atoms with E-state index < -0.39 is 22.2 Å². The quantitative estimate of drug-likeness (QED) is 0.266. The van der Waals surface area contributed by atoms with E-state index in [9.17, 15) is 12.8 Å². The zero-order chi connectivity index (χ0) is 27.7. The molecule has 1 saturated heterocycles. The molecule has 5 rings (SSSR count). The van der Waals surface area contributed by atoms with Gasteiger partial charge in [-0.15, -0.1) is 11.3 Å². The van der Waals surface area contributed by atoms with Crippen LogP contribution in [-0.2, 0) is 39.2 Å². The highest BCUT2D eigenvalue weighted by atomic mass is 32.2. The topological polar surface area (TPSA) is 78.0 Å². The number of rotatable bonds is 6. The number of piperidine rings is 1. The number of hydrogen-bond donors (Lipinski definition) is 0. The van der Waals surface area contributed by atoms with Crippen LogP contribution in [0.5, 0.6) is 5.75 Å². The monoisotopic (exact) mass is 590 g/mol. The summed E-state index contributed by atoms with van der Waals surface area (Å²) in [5.41, 5.74) is 4.96. The van der Waals surface area contributed by atoms with Crippen LogP contribution in [0.25, 0.3) is 0 Å². The fourth-order valence-electron chi connectivity index (χ4n) is 4.97. The summed E-state index contributed by atoms with van der Waals surface area (Å²) < 4.78 is 54.6. The molecule has 0 N–H and O–H groups in total. The fraction of sp³-hybridized carbons (Fsp3) is 0.429. The number of likely N-dealkylation sites (tertiary alicyclic amines) is 1. The van der Waals surface area contributed by atoms with E-state index in [-0.39, 0.29) is 24.5 Å². The van der Waals surface area contributed by atoms with Gasteiger partial charge in [0.1, 0.15) is 17.3 Å². The van der Waals surface area contributed by atoms with E-state index in [2.05, 4.69) is 36.9 Å². The molecule has 1 atom stereocenters. The van der Waals surface area contributed by atoms with Crippen molar-refractivity contribution in [3.05, 3.63) is 80.0 Å². The molecule has 7 nitrogen and oxygen atoms in total. The second-order valence-electron chi connectivity index (χ2n) is 10.1. The van der Waals surface area contributed by atoms with Gasteiger partial charge in [-0.3, -0.25) is 0 Å². The molecule has 0 amide bonds. The first-order valence-electron chi connectivity index (χ1n) is 12.8. The lowest BCUT2D eigenvalue weighted by Crippen LogP contribution is -2.37. The van der Waals surface area contributed by atoms with Gasteiger partial charge in [0, 0.05) is 41.9 Å². The van der Waals surface area contributed by atoms with Gasteiger partial charge in [0.25, 0.3) is 0 Å². The molecule has 0 bridgehead atoms. The molecule has 1 aromatic heterocycles. The number of fused-ring (bicyclic) bond motifs is 1. The molecule has 0 spiro atoms. The maximum absolute atomic E-state index is 14.5. The minimum Gasteiger partial charge on any atom is -0.382 e. The Hall–Kier alpha value is -2.44. The Kier molecular flexibility index (Phi) is 8.34. The molecule has 0 saturated carbocycles. The molecule has 2 aliphatic heterocycles. The summed E-state index contributed by atoms with van der Waals surface area (Å²) in [6.45, 7) is 5.85. The van der Waals surface area contributed by atoms with E-state index in [1.54, 1.807) is 11.3 Å². The fourth-order valence-corrected chi connectivity index (χ4v) is 6.78. The molecule has 39 heavy (non-hydrogen) atoms. The lowest BCUT2D eigenvalue weighted by atomic mass is 9.96. The highest BCUT2D eigenvalue weighted by Gasteiger charge is 2.29. The zero-order valence-electron chi connectivity index (χ0n) is 22.1. The number of thiocarbonyl (C=S) groups is 1. The van der Waals surface area contributed by atoms with Gasteiger partial charge in [-0.1, -0.05) is 36.0 Å². The molecular weight excluding hydrogens is 560 g/mol. The van der Waals surface area contributed by atoms with Crippen molar-refractivity contribution >= 4 is 38.7 Å². The standard InChI is InChI=1S/C28H31FN2O5S3/c1-17-4-5-18(2)20(12-17)13-26(37)31-10-8-19(9-11-31)27-30-24(16-38-27)28-34-14-21-22(15-35-28)25(7-6-23(21)29)36-39(3,32)33/h4-7,12,16,19,28H,8-11,13-15H2,1-3H3. The molecule has 2 aromatic carbocycles. The number of benzene rings is 2. The van der Waals surface area contributed by atoms with E-state index in [0.29, 0.717) is 17.2 Å². The molecule has 0 aliphatic carbocycles. The van der Waals surface area contributed by atoms with Gasteiger partial charge in [-0.2, -0.15) is 8.42 Å². The largest absolute Gasteiger partial charge is 0.382 e. The third-order valence-electron chi connectivity index (χ3n) is 7.15. The van der Waals surface area contributed by atoms with Gasteiger partial charge in [0.2, 0.25) is 6.29 Å². The summed E-state index contributed by atoms with van der Waals surface area (Å²) in [7, 11) is -3.78. The molecule has 3 aromatic rings. The Bertz CT molecular complexity index is 1480. The van der Waals surface area contributed by atoms with Crippen LogP contribution in [0.1, 0.15) is 63.6 Å². The summed E-state index contributed by atoms with van der Waals surface area (Å²) in [4.78, 5) is 8.11. The van der Waals surface area contributed by atoms with Crippen molar-refractivity contribution in [2.24, 2.45) is 0 Å². The predicted molar refractivity (Wildman–Crippen MR) is 152 cm³/mol.